The molecule has 0 aliphatic carbocycles. The summed E-state index contributed by atoms with van der Waals surface area (Å²) in [5.74, 6) is 0.427. The van der Waals surface area contributed by atoms with Crippen LogP contribution in [-0.4, -0.2) is 30.4 Å². The van der Waals surface area contributed by atoms with E-state index in [1.165, 1.54) is 0 Å². The van der Waals surface area contributed by atoms with Crippen molar-refractivity contribution in [2.45, 2.75) is 19.5 Å². The van der Waals surface area contributed by atoms with Crippen LogP contribution in [0.1, 0.15) is 17.5 Å². The molecule has 1 heterocycles. The van der Waals surface area contributed by atoms with Crippen LogP contribution < -0.4 is 10.1 Å². The molecule has 1 atom stereocenters. The van der Waals surface area contributed by atoms with Gasteiger partial charge in [0, 0.05) is 26.1 Å². The third-order valence-electron chi connectivity index (χ3n) is 4.40. The molecule has 1 aliphatic heterocycles. The normalized spacial score (nSPS) is 16.8. The van der Waals surface area contributed by atoms with Crippen molar-refractivity contribution in [3.8, 4) is 5.75 Å². The molecule has 1 N–H and O–H groups in total. The zero-order chi connectivity index (χ0) is 17.6. The van der Waals surface area contributed by atoms with E-state index >= 15 is 0 Å². The number of nitrogens with zero attached hydrogens (tertiary/aromatic N) is 1. The fraction of sp³-hybridized carbons (Fsp3) is 0.300. The molecule has 5 heteroatoms. The van der Waals surface area contributed by atoms with Crippen molar-refractivity contribution >= 4 is 11.8 Å². The summed E-state index contributed by atoms with van der Waals surface area (Å²) in [4.78, 5) is 26.3. The Morgan fingerprint density at radius 1 is 1.16 bits per heavy atom. The minimum absolute atomic E-state index is 0.0164. The Morgan fingerprint density at radius 3 is 2.68 bits per heavy atom. The van der Waals surface area contributed by atoms with Gasteiger partial charge in [0.25, 0.3) is 0 Å². The molecule has 0 radical (unpaired) electrons. The molecule has 2 aromatic rings. The van der Waals surface area contributed by atoms with Gasteiger partial charge in [-0.1, -0.05) is 42.5 Å². The zero-order valence-electron chi connectivity index (χ0n) is 14.3. The Hall–Kier alpha value is -2.82. The van der Waals surface area contributed by atoms with Gasteiger partial charge >= 0.3 is 0 Å². The maximum atomic E-state index is 12.4. The smallest absolute Gasteiger partial charge is 0.225 e. The van der Waals surface area contributed by atoms with E-state index in [-0.39, 0.29) is 24.2 Å². The van der Waals surface area contributed by atoms with Gasteiger partial charge in [-0.2, -0.15) is 0 Å². The Labute approximate surface area is 147 Å². The first-order valence-electron chi connectivity index (χ1n) is 8.38. The van der Waals surface area contributed by atoms with E-state index in [9.17, 15) is 9.59 Å². The van der Waals surface area contributed by atoms with Gasteiger partial charge in [-0.15, -0.1) is 0 Å². The Balaban J connectivity index is 1.55. The number of amides is 2. The quantitative estimate of drug-likeness (QED) is 0.880. The highest BCUT2D eigenvalue weighted by Gasteiger charge is 2.34. The minimum Gasteiger partial charge on any atom is -0.497 e. The molecule has 2 amide bonds. The number of methoxy groups -OCH3 is 1. The molecule has 0 aromatic heterocycles. The molecule has 1 fully saturated rings. The fourth-order valence-electron chi connectivity index (χ4n) is 3.02. The van der Waals surface area contributed by atoms with Crippen LogP contribution in [0.25, 0.3) is 0 Å². The highest BCUT2D eigenvalue weighted by molar-refractivity contribution is 5.89. The average Bonchev–Trinajstić information content (AvgIpc) is 3.01. The van der Waals surface area contributed by atoms with E-state index in [1.54, 1.807) is 12.0 Å². The van der Waals surface area contributed by atoms with E-state index in [4.69, 9.17) is 4.74 Å². The van der Waals surface area contributed by atoms with Crippen LogP contribution in [0.15, 0.2) is 54.6 Å². The van der Waals surface area contributed by atoms with Gasteiger partial charge in [-0.3, -0.25) is 9.59 Å². The number of carbonyl (C=O) groups excluding carboxylic acids is 2. The first-order valence-corrected chi connectivity index (χ1v) is 8.38. The first-order chi connectivity index (χ1) is 12.2. The highest BCUT2D eigenvalue weighted by Crippen LogP contribution is 2.22. The van der Waals surface area contributed by atoms with E-state index in [0.717, 1.165) is 16.9 Å². The molecule has 3 rings (SSSR count). The van der Waals surface area contributed by atoms with Crippen LogP contribution in [0.4, 0.5) is 0 Å². The van der Waals surface area contributed by atoms with Gasteiger partial charge in [-0.25, -0.2) is 0 Å². The van der Waals surface area contributed by atoms with Gasteiger partial charge in [-0.05, 0) is 23.3 Å². The molecular formula is C20H22N2O3. The summed E-state index contributed by atoms with van der Waals surface area (Å²) >= 11 is 0. The van der Waals surface area contributed by atoms with Crippen molar-refractivity contribution in [3.05, 3.63) is 65.7 Å². The summed E-state index contributed by atoms with van der Waals surface area (Å²) in [7, 11) is 1.62. The summed E-state index contributed by atoms with van der Waals surface area (Å²) < 4.78 is 5.21. The van der Waals surface area contributed by atoms with Gasteiger partial charge < -0.3 is 15.0 Å². The van der Waals surface area contributed by atoms with E-state index in [1.807, 2.05) is 54.6 Å². The zero-order valence-corrected chi connectivity index (χ0v) is 14.3. The van der Waals surface area contributed by atoms with Crippen LogP contribution in [0, 0.1) is 5.92 Å². The number of carbonyl (C=O) groups is 2. The lowest BCUT2D eigenvalue weighted by Crippen LogP contribution is -2.32. The molecule has 1 aliphatic rings. The third kappa shape index (κ3) is 4.38. The lowest BCUT2D eigenvalue weighted by atomic mass is 10.1. The number of likely N-dealkylation sites (tertiary alicyclic amines) is 1. The van der Waals surface area contributed by atoms with Crippen LogP contribution in [-0.2, 0) is 22.7 Å². The van der Waals surface area contributed by atoms with Crippen molar-refractivity contribution in [3.63, 3.8) is 0 Å². The Kier molecular flexibility index (Phi) is 5.33. The minimum atomic E-state index is -0.290. The molecule has 5 nitrogen and oxygen atoms in total. The Bertz CT molecular complexity index is 746. The number of hydrogen-bond donors (Lipinski definition) is 1. The number of nitrogens with one attached hydrogen (secondary N) is 1. The summed E-state index contributed by atoms with van der Waals surface area (Å²) in [6.07, 6.45) is 0.268. The summed E-state index contributed by atoms with van der Waals surface area (Å²) in [5, 5.41) is 2.93. The molecule has 25 heavy (non-hydrogen) atoms. The molecule has 1 unspecified atom stereocenters. The standard InChI is InChI=1S/C20H22N2O3/c1-25-18-9-5-8-16(10-18)13-22-14-17(11-19(22)23)20(24)21-12-15-6-3-2-4-7-15/h2-10,17H,11-14H2,1H3,(H,21,24). The molecule has 0 spiro atoms. The van der Waals surface area contributed by atoms with Gasteiger partial charge in [0.2, 0.25) is 11.8 Å². The molecule has 2 aromatic carbocycles. The maximum absolute atomic E-state index is 12.4. The van der Waals surface area contributed by atoms with Gasteiger partial charge in [0.05, 0.1) is 13.0 Å². The average molecular weight is 338 g/mol. The van der Waals surface area contributed by atoms with E-state index in [0.29, 0.717) is 19.6 Å². The van der Waals surface area contributed by atoms with E-state index in [2.05, 4.69) is 5.32 Å². The highest BCUT2D eigenvalue weighted by atomic mass is 16.5. The third-order valence-corrected chi connectivity index (χ3v) is 4.40. The second-order valence-corrected chi connectivity index (χ2v) is 6.23. The molecule has 130 valence electrons. The van der Waals surface area contributed by atoms with Crippen molar-refractivity contribution in [1.29, 1.82) is 0 Å². The predicted octanol–water partition coefficient (Wildman–Crippen LogP) is 2.36. The van der Waals surface area contributed by atoms with Gasteiger partial charge in [0.1, 0.15) is 5.75 Å². The summed E-state index contributed by atoms with van der Waals surface area (Å²) in [6.45, 7) is 1.44. The largest absolute Gasteiger partial charge is 0.497 e. The number of ether oxygens (including phenoxy) is 1. The second-order valence-electron chi connectivity index (χ2n) is 6.23. The van der Waals surface area contributed by atoms with Crippen molar-refractivity contribution in [2.75, 3.05) is 13.7 Å². The summed E-state index contributed by atoms with van der Waals surface area (Å²) in [5.41, 5.74) is 2.05. The van der Waals surface area contributed by atoms with Crippen LogP contribution in [0.5, 0.6) is 5.75 Å². The molecular weight excluding hydrogens is 316 g/mol. The molecule has 0 saturated carbocycles. The predicted molar refractivity (Wildman–Crippen MR) is 94.8 cm³/mol. The first kappa shape index (κ1) is 17.0. The fourth-order valence-corrected chi connectivity index (χ4v) is 3.02. The van der Waals surface area contributed by atoms with Crippen LogP contribution in [0.3, 0.4) is 0 Å². The lowest BCUT2D eigenvalue weighted by molar-refractivity contribution is -0.129. The molecule has 0 bridgehead atoms. The molecule has 1 saturated heterocycles. The van der Waals surface area contributed by atoms with Crippen molar-refractivity contribution < 1.29 is 14.3 Å². The van der Waals surface area contributed by atoms with Crippen molar-refractivity contribution in [1.82, 2.24) is 10.2 Å². The second kappa shape index (κ2) is 7.83. The Morgan fingerprint density at radius 2 is 1.92 bits per heavy atom. The maximum Gasteiger partial charge on any atom is 0.225 e. The number of rotatable bonds is 6. The van der Waals surface area contributed by atoms with Crippen LogP contribution >= 0.6 is 0 Å². The summed E-state index contributed by atoms with van der Waals surface area (Å²) in [6, 6.07) is 17.4. The van der Waals surface area contributed by atoms with Crippen LogP contribution in [0.2, 0.25) is 0 Å². The monoisotopic (exact) mass is 338 g/mol. The number of hydrogen-bond acceptors (Lipinski definition) is 3. The SMILES string of the molecule is COc1cccc(CN2CC(C(=O)NCc3ccccc3)CC2=O)c1. The topological polar surface area (TPSA) is 58.6 Å². The van der Waals surface area contributed by atoms with Gasteiger partial charge in [0.15, 0.2) is 0 Å². The number of benzene rings is 2. The lowest BCUT2D eigenvalue weighted by Gasteiger charge is -2.17. The van der Waals surface area contributed by atoms with Crippen molar-refractivity contribution in [2.24, 2.45) is 5.92 Å². The van der Waals surface area contributed by atoms with E-state index < -0.39 is 0 Å².